The van der Waals surface area contributed by atoms with Crippen LogP contribution in [0.15, 0.2) is 72.9 Å². The summed E-state index contributed by atoms with van der Waals surface area (Å²) in [5.41, 5.74) is 3.86. The molecular weight excluding hydrogens is 498 g/mol. The number of rotatable bonds is 8. The molecule has 8 heteroatoms. The smallest absolute Gasteiger partial charge is 0.322 e. The first-order valence-electron chi connectivity index (χ1n) is 14.3. The minimum absolute atomic E-state index is 0.0548. The van der Waals surface area contributed by atoms with Crippen LogP contribution in [0, 0.1) is 11.3 Å². The van der Waals surface area contributed by atoms with Gasteiger partial charge in [-0.05, 0) is 68.1 Å². The number of likely N-dealkylation sites (N-methyl/N-ethyl adjacent to an activating group) is 1. The molecule has 8 nitrogen and oxygen atoms in total. The molecule has 2 aromatic carbocycles. The summed E-state index contributed by atoms with van der Waals surface area (Å²) in [6, 6.07) is 24.7. The fourth-order valence-electron chi connectivity index (χ4n) is 5.61. The van der Waals surface area contributed by atoms with Crippen LogP contribution in [0.3, 0.4) is 0 Å². The van der Waals surface area contributed by atoms with Crippen molar-refractivity contribution in [2.45, 2.75) is 50.9 Å². The Balaban J connectivity index is 1.24. The van der Waals surface area contributed by atoms with Gasteiger partial charge < -0.3 is 15.5 Å². The number of nitriles is 1. The van der Waals surface area contributed by atoms with Crippen molar-refractivity contribution < 1.29 is 4.79 Å². The summed E-state index contributed by atoms with van der Waals surface area (Å²) < 4.78 is 0. The second-order valence-electron chi connectivity index (χ2n) is 11.0. The van der Waals surface area contributed by atoms with Gasteiger partial charge in [-0.15, -0.1) is 0 Å². The van der Waals surface area contributed by atoms with Crippen molar-refractivity contribution in [1.29, 1.82) is 5.26 Å². The average Bonchev–Trinajstić information content (AvgIpc) is 3.00. The normalized spacial score (nSPS) is 19.9. The van der Waals surface area contributed by atoms with Crippen molar-refractivity contribution in [1.82, 2.24) is 20.1 Å². The zero-order valence-electron chi connectivity index (χ0n) is 23.3. The Bertz CT molecular complexity index is 1260. The molecule has 40 heavy (non-hydrogen) atoms. The third-order valence-electron chi connectivity index (χ3n) is 8.03. The number of hydrogen-bond donors (Lipinski definition) is 2. The number of nitrogens with zero attached hydrogens (tertiary/aromatic N) is 5. The van der Waals surface area contributed by atoms with Gasteiger partial charge in [0.15, 0.2) is 0 Å². The van der Waals surface area contributed by atoms with Gasteiger partial charge in [0.05, 0.1) is 5.56 Å². The first-order valence-corrected chi connectivity index (χ1v) is 14.3. The van der Waals surface area contributed by atoms with Crippen molar-refractivity contribution in [3.05, 3.63) is 89.6 Å². The maximum atomic E-state index is 13.6. The zero-order valence-corrected chi connectivity index (χ0v) is 23.3. The van der Waals surface area contributed by atoms with Gasteiger partial charge in [-0.2, -0.15) is 5.26 Å². The van der Waals surface area contributed by atoms with Crippen molar-refractivity contribution in [2.75, 3.05) is 43.4 Å². The summed E-state index contributed by atoms with van der Waals surface area (Å²) in [6.45, 7) is 5.81. The highest BCUT2D eigenvalue weighted by Crippen LogP contribution is 2.30. The van der Waals surface area contributed by atoms with Gasteiger partial charge in [-0.25, -0.2) is 9.78 Å². The molecule has 1 aromatic heterocycles. The highest BCUT2D eigenvalue weighted by Gasteiger charge is 2.30. The van der Waals surface area contributed by atoms with Crippen molar-refractivity contribution in [2.24, 2.45) is 0 Å². The van der Waals surface area contributed by atoms with Crippen LogP contribution in [0.4, 0.5) is 16.3 Å². The molecule has 2 fully saturated rings. The van der Waals surface area contributed by atoms with Crippen molar-refractivity contribution in [3.63, 3.8) is 0 Å². The monoisotopic (exact) mass is 537 g/mol. The summed E-state index contributed by atoms with van der Waals surface area (Å²) in [5.74, 6) is 0.788. The van der Waals surface area contributed by atoms with E-state index < -0.39 is 0 Å². The Labute approximate surface area is 237 Å². The molecule has 1 saturated heterocycles. The van der Waals surface area contributed by atoms with Gasteiger partial charge in [-0.3, -0.25) is 9.80 Å². The number of pyridine rings is 1. The topological polar surface area (TPSA) is 87.5 Å². The van der Waals surface area contributed by atoms with Crippen LogP contribution in [0.2, 0.25) is 0 Å². The Morgan fingerprint density at radius 2 is 1.68 bits per heavy atom. The van der Waals surface area contributed by atoms with Gasteiger partial charge >= 0.3 is 6.03 Å². The first-order chi connectivity index (χ1) is 19.6. The minimum atomic E-state index is -0.0548. The van der Waals surface area contributed by atoms with Gasteiger partial charge in [0.2, 0.25) is 0 Å². The van der Waals surface area contributed by atoms with E-state index in [2.05, 4.69) is 62.8 Å². The summed E-state index contributed by atoms with van der Waals surface area (Å²) in [4.78, 5) is 24.8. The highest BCUT2D eigenvalue weighted by atomic mass is 16.2. The number of amides is 2. The van der Waals surface area contributed by atoms with Crippen LogP contribution >= 0.6 is 0 Å². The molecule has 1 saturated carbocycles. The van der Waals surface area contributed by atoms with Crippen LogP contribution in [0.1, 0.15) is 42.4 Å². The Morgan fingerprint density at radius 1 is 0.950 bits per heavy atom. The Hall–Kier alpha value is -3.93. The number of carbonyl (C=O) groups excluding carboxylic acids is 1. The second kappa shape index (κ2) is 13.4. The molecule has 2 heterocycles. The molecule has 208 valence electrons. The molecular formula is C32H39N7O. The van der Waals surface area contributed by atoms with Crippen LogP contribution in [-0.4, -0.2) is 66.1 Å². The molecule has 0 spiro atoms. The third-order valence-corrected chi connectivity index (χ3v) is 8.03. The molecule has 0 bridgehead atoms. The van der Waals surface area contributed by atoms with E-state index in [1.165, 1.54) is 5.56 Å². The summed E-state index contributed by atoms with van der Waals surface area (Å²) in [6.07, 6.45) is 5.28. The van der Waals surface area contributed by atoms with E-state index in [0.717, 1.165) is 75.5 Å². The Morgan fingerprint density at radius 3 is 2.33 bits per heavy atom. The minimum Gasteiger partial charge on any atom is -0.367 e. The largest absolute Gasteiger partial charge is 0.367 e. The molecule has 2 N–H and O–H groups in total. The maximum absolute atomic E-state index is 13.6. The summed E-state index contributed by atoms with van der Waals surface area (Å²) in [7, 11) is 2.18. The lowest BCUT2D eigenvalue weighted by atomic mass is 9.89. The maximum Gasteiger partial charge on any atom is 0.322 e. The SMILES string of the molecule is CN1CCN(Cc2ccc(N(C(=O)NCc3ccccc3)[C@H]3CC[C@H](Nc4ccc(C#N)cn4)CC3)cc2)CC1. The fraction of sp³-hybridized carbons (Fsp3) is 0.406. The lowest BCUT2D eigenvalue weighted by Crippen LogP contribution is -2.48. The van der Waals surface area contributed by atoms with E-state index in [1.54, 1.807) is 12.3 Å². The van der Waals surface area contributed by atoms with Gasteiger partial charge in [0.25, 0.3) is 0 Å². The predicted octanol–water partition coefficient (Wildman–Crippen LogP) is 4.84. The predicted molar refractivity (Wildman–Crippen MR) is 159 cm³/mol. The molecule has 2 amide bonds. The van der Waals surface area contributed by atoms with Crippen molar-refractivity contribution >= 4 is 17.5 Å². The average molecular weight is 538 g/mol. The van der Waals surface area contributed by atoms with E-state index in [9.17, 15) is 4.79 Å². The number of aromatic nitrogens is 1. The number of urea groups is 1. The zero-order chi connectivity index (χ0) is 27.7. The number of piperazine rings is 1. The molecule has 5 rings (SSSR count). The van der Waals surface area contributed by atoms with Gasteiger partial charge in [0, 0.05) is 63.2 Å². The Kier molecular flexibility index (Phi) is 9.27. The molecule has 1 aliphatic heterocycles. The number of anilines is 2. The van der Waals surface area contributed by atoms with E-state index >= 15 is 0 Å². The molecule has 3 aromatic rings. The van der Waals surface area contributed by atoms with Gasteiger partial charge in [-0.1, -0.05) is 42.5 Å². The first kappa shape index (κ1) is 27.6. The van der Waals surface area contributed by atoms with Crippen molar-refractivity contribution in [3.8, 4) is 6.07 Å². The second-order valence-corrected chi connectivity index (χ2v) is 11.0. The van der Waals surface area contributed by atoms with E-state index in [1.807, 2.05) is 41.3 Å². The number of hydrogen-bond acceptors (Lipinski definition) is 6. The fourth-order valence-corrected chi connectivity index (χ4v) is 5.61. The van der Waals surface area contributed by atoms with Crippen LogP contribution < -0.4 is 15.5 Å². The van der Waals surface area contributed by atoms with Crippen LogP contribution in [-0.2, 0) is 13.1 Å². The highest BCUT2D eigenvalue weighted by molar-refractivity contribution is 5.92. The van der Waals surface area contributed by atoms with Crippen LogP contribution in [0.25, 0.3) is 0 Å². The molecule has 0 radical (unpaired) electrons. The number of carbonyl (C=O) groups is 1. The lowest BCUT2D eigenvalue weighted by molar-refractivity contribution is 0.148. The van der Waals surface area contributed by atoms with E-state index in [-0.39, 0.29) is 18.1 Å². The number of benzene rings is 2. The molecule has 0 unspecified atom stereocenters. The van der Waals surface area contributed by atoms with E-state index in [4.69, 9.17) is 5.26 Å². The quantitative estimate of drug-likeness (QED) is 0.428. The van der Waals surface area contributed by atoms with Crippen LogP contribution in [0.5, 0.6) is 0 Å². The third kappa shape index (κ3) is 7.38. The molecule has 2 aliphatic rings. The van der Waals surface area contributed by atoms with Gasteiger partial charge in [0.1, 0.15) is 11.9 Å². The van der Waals surface area contributed by atoms with E-state index in [0.29, 0.717) is 12.1 Å². The standard InChI is InChI=1S/C32H39N7O/c1-37-17-19-38(20-18-37)24-26-7-12-29(13-8-26)39(32(40)35-22-25-5-3-2-4-6-25)30-14-10-28(11-15-30)36-31-16-9-27(21-33)23-34-31/h2-9,12-13,16,23,28,30H,10-11,14-15,17-20,22,24H2,1H3,(H,34,36)(H,35,40)/t28-,30-. The number of nitrogens with one attached hydrogen (secondary N) is 2. The lowest BCUT2D eigenvalue weighted by Gasteiger charge is -2.37. The molecule has 0 atom stereocenters. The summed E-state index contributed by atoms with van der Waals surface area (Å²) >= 11 is 0. The summed E-state index contributed by atoms with van der Waals surface area (Å²) in [5, 5.41) is 15.7. The molecule has 1 aliphatic carbocycles.